The molecular formula is C26H23FN2O5S. The highest BCUT2D eigenvalue weighted by Crippen LogP contribution is 2.48. The van der Waals surface area contributed by atoms with Crippen molar-refractivity contribution in [2.45, 2.75) is 25.3 Å². The molecular weight excluding hydrogens is 471 g/mol. The number of phenolic OH excluding ortho intramolecular Hbond substituents is 1. The highest BCUT2D eigenvalue weighted by Gasteiger charge is 2.32. The van der Waals surface area contributed by atoms with E-state index in [1.807, 2.05) is 6.07 Å². The minimum atomic E-state index is -2.34. The maximum atomic E-state index is 13.5. The number of hydrogen-bond acceptors (Lipinski definition) is 4. The molecule has 3 N–H and O–H groups in total. The fourth-order valence-electron chi connectivity index (χ4n) is 4.23. The number of carbonyl (C=O) groups excluding carboxylic acids is 1. The molecule has 1 heterocycles. The van der Waals surface area contributed by atoms with Gasteiger partial charge in [-0.15, -0.1) is 0 Å². The van der Waals surface area contributed by atoms with Crippen LogP contribution in [0.3, 0.4) is 0 Å². The molecule has 1 atom stereocenters. The molecule has 1 aliphatic carbocycles. The zero-order valence-corrected chi connectivity index (χ0v) is 19.6. The number of carbonyl (C=O) groups is 1. The van der Waals surface area contributed by atoms with Gasteiger partial charge in [0.15, 0.2) is 0 Å². The number of fused-ring (bicyclic) bond motifs is 1. The van der Waals surface area contributed by atoms with E-state index < -0.39 is 17.1 Å². The van der Waals surface area contributed by atoms with E-state index >= 15 is 0 Å². The summed E-state index contributed by atoms with van der Waals surface area (Å²) in [5.41, 5.74) is 3.39. The van der Waals surface area contributed by atoms with E-state index in [2.05, 4.69) is 5.32 Å². The Morgan fingerprint density at radius 3 is 2.43 bits per heavy atom. The van der Waals surface area contributed by atoms with Crippen molar-refractivity contribution >= 4 is 33.8 Å². The van der Waals surface area contributed by atoms with Crippen LogP contribution in [0.25, 0.3) is 22.3 Å². The minimum absolute atomic E-state index is 0.108. The molecule has 0 radical (unpaired) electrons. The average molecular weight is 495 g/mol. The van der Waals surface area contributed by atoms with Crippen molar-refractivity contribution in [3.63, 3.8) is 0 Å². The van der Waals surface area contributed by atoms with Gasteiger partial charge in [-0.3, -0.25) is 13.7 Å². The van der Waals surface area contributed by atoms with Crippen LogP contribution in [0.15, 0.2) is 65.1 Å². The van der Waals surface area contributed by atoms with Crippen LogP contribution in [-0.4, -0.2) is 26.8 Å². The molecule has 1 aromatic heterocycles. The first-order valence-corrected chi connectivity index (χ1v) is 12.2. The molecule has 0 bridgehead atoms. The molecule has 1 unspecified atom stereocenters. The van der Waals surface area contributed by atoms with Crippen LogP contribution in [0.2, 0.25) is 0 Å². The normalized spacial score (nSPS) is 14.1. The highest BCUT2D eigenvalue weighted by molar-refractivity contribution is 7.80. The van der Waals surface area contributed by atoms with Gasteiger partial charge in [0.1, 0.15) is 22.9 Å². The predicted molar refractivity (Wildman–Crippen MR) is 132 cm³/mol. The largest absolute Gasteiger partial charge is 0.508 e. The first-order valence-electron chi connectivity index (χ1n) is 11.1. The number of phenols is 1. The number of halogens is 1. The topological polar surface area (TPSA) is 103 Å². The second-order valence-corrected chi connectivity index (χ2v) is 9.41. The second kappa shape index (κ2) is 9.16. The third-order valence-electron chi connectivity index (χ3n) is 6.13. The summed E-state index contributed by atoms with van der Waals surface area (Å²) in [6.07, 6.45) is 1.86. The standard InChI is InChI=1S/C26H23FN2O5S/c1-28-26(31)24-21-12-20(16-4-5-16)22(29(35(32)33)14-15-2-10-19(30)11-3-15)13-23(21)34-25(24)17-6-8-18(27)9-7-17/h2-3,6-13,16,30H,4-5,14H2,1H3,(H,28,31)(H,32,33). The molecule has 0 saturated heterocycles. The van der Waals surface area contributed by atoms with Gasteiger partial charge in [0.25, 0.3) is 17.2 Å². The van der Waals surface area contributed by atoms with Crippen LogP contribution in [0.5, 0.6) is 5.75 Å². The third kappa shape index (κ3) is 4.52. The number of amides is 1. The summed E-state index contributed by atoms with van der Waals surface area (Å²) in [5.74, 6) is -0.143. The lowest BCUT2D eigenvalue weighted by Crippen LogP contribution is -2.25. The molecule has 35 heavy (non-hydrogen) atoms. The van der Waals surface area contributed by atoms with Crippen LogP contribution >= 0.6 is 0 Å². The fourth-order valence-corrected chi connectivity index (χ4v) is 4.82. The Morgan fingerprint density at radius 2 is 1.83 bits per heavy atom. The molecule has 1 aliphatic rings. The van der Waals surface area contributed by atoms with Gasteiger partial charge in [0.2, 0.25) is 0 Å². The number of nitrogens with one attached hydrogen (secondary N) is 1. The Bertz CT molecular complexity index is 1430. The SMILES string of the molecule is CNC(=O)c1c(-c2ccc(F)cc2)oc2cc(N(Cc3ccc(O)cc3)S(=O)O)c(C3CC3)cc12. The zero-order chi connectivity index (χ0) is 24.7. The van der Waals surface area contributed by atoms with Crippen molar-refractivity contribution in [2.24, 2.45) is 0 Å². The maximum absolute atomic E-state index is 13.5. The fraction of sp³-hybridized carbons (Fsp3) is 0.192. The van der Waals surface area contributed by atoms with Gasteiger partial charge in [-0.2, -0.15) is 0 Å². The van der Waals surface area contributed by atoms with Gasteiger partial charge in [-0.1, -0.05) is 12.1 Å². The van der Waals surface area contributed by atoms with Crippen molar-refractivity contribution < 1.29 is 27.5 Å². The maximum Gasteiger partial charge on any atom is 0.262 e. The summed E-state index contributed by atoms with van der Waals surface area (Å²) in [6, 6.07) is 15.7. The van der Waals surface area contributed by atoms with Crippen LogP contribution in [0.1, 0.15) is 40.2 Å². The second-order valence-electron chi connectivity index (χ2n) is 8.51. The van der Waals surface area contributed by atoms with Gasteiger partial charge in [-0.25, -0.2) is 8.60 Å². The molecule has 1 fully saturated rings. The van der Waals surface area contributed by atoms with Crippen LogP contribution in [0, 0.1) is 5.82 Å². The lowest BCUT2D eigenvalue weighted by atomic mass is 10.00. The summed E-state index contributed by atoms with van der Waals surface area (Å²) < 4.78 is 43.6. The Hall–Kier alpha value is -3.69. The summed E-state index contributed by atoms with van der Waals surface area (Å²) >= 11 is -2.34. The third-order valence-corrected chi connectivity index (χ3v) is 6.84. The minimum Gasteiger partial charge on any atom is -0.508 e. The summed E-state index contributed by atoms with van der Waals surface area (Å²) in [5, 5.41) is 12.8. The highest BCUT2D eigenvalue weighted by atomic mass is 32.2. The molecule has 0 spiro atoms. The van der Waals surface area contributed by atoms with Crippen molar-refractivity contribution in [3.8, 4) is 17.1 Å². The molecule has 7 nitrogen and oxygen atoms in total. The molecule has 5 rings (SSSR count). The van der Waals surface area contributed by atoms with E-state index in [9.17, 15) is 23.1 Å². The Balaban J connectivity index is 1.69. The quantitative estimate of drug-likeness (QED) is 0.302. The molecule has 1 saturated carbocycles. The number of furan rings is 1. The summed E-state index contributed by atoms with van der Waals surface area (Å²) in [6.45, 7) is 0.127. The van der Waals surface area contributed by atoms with Gasteiger partial charge in [0, 0.05) is 24.1 Å². The molecule has 9 heteroatoms. The molecule has 1 amide bonds. The lowest BCUT2D eigenvalue weighted by Gasteiger charge is -2.23. The van der Waals surface area contributed by atoms with E-state index in [1.165, 1.54) is 35.6 Å². The number of nitrogens with zero attached hydrogens (tertiary/aromatic N) is 1. The predicted octanol–water partition coefficient (Wildman–Crippen LogP) is 5.32. The first kappa shape index (κ1) is 23.1. The van der Waals surface area contributed by atoms with E-state index in [0.29, 0.717) is 33.5 Å². The van der Waals surface area contributed by atoms with E-state index in [1.54, 1.807) is 30.3 Å². The first-order chi connectivity index (χ1) is 16.9. The number of hydrogen-bond donors (Lipinski definition) is 3. The van der Waals surface area contributed by atoms with Gasteiger partial charge in [-0.05, 0) is 72.4 Å². The van der Waals surface area contributed by atoms with Crippen molar-refractivity contribution in [2.75, 3.05) is 11.4 Å². The summed E-state index contributed by atoms with van der Waals surface area (Å²) in [4.78, 5) is 12.9. The van der Waals surface area contributed by atoms with Crippen LogP contribution < -0.4 is 9.62 Å². The van der Waals surface area contributed by atoms with E-state index in [4.69, 9.17) is 4.42 Å². The van der Waals surface area contributed by atoms with E-state index in [-0.39, 0.29) is 24.1 Å². The average Bonchev–Trinajstić information content (AvgIpc) is 3.63. The van der Waals surface area contributed by atoms with Crippen LogP contribution in [0.4, 0.5) is 10.1 Å². The number of rotatable bonds is 7. The van der Waals surface area contributed by atoms with Gasteiger partial charge >= 0.3 is 0 Å². The zero-order valence-electron chi connectivity index (χ0n) is 18.8. The number of benzene rings is 3. The summed E-state index contributed by atoms with van der Waals surface area (Å²) in [7, 11) is 1.53. The van der Waals surface area contributed by atoms with E-state index in [0.717, 1.165) is 24.0 Å². The Kier molecular flexibility index (Phi) is 6.04. The van der Waals surface area contributed by atoms with Crippen molar-refractivity contribution in [1.29, 1.82) is 0 Å². The molecule has 180 valence electrons. The molecule has 3 aromatic carbocycles. The molecule has 4 aromatic rings. The lowest BCUT2D eigenvalue weighted by molar-refractivity contribution is 0.0964. The number of anilines is 1. The monoisotopic (exact) mass is 494 g/mol. The van der Waals surface area contributed by atoms with Gasteiger partial charge < -0.3 is 14.8 Å². The van der Waals surface area contributed by atoms with Crippen molar-refractivity contribution in [1.82, 2.24) is 5.32 Å². The van der Waals surface area contributed by atoms with Crippen LogP contribution in [-0.2, 0) is 17.8 Å². The van der Waals surface area contributed by atoms with Gasteiger partial charge in [0.05, 0.1) is 17.8 Å². The number of aromatic hydroxyl groups is 1. The van der Waals surface area contributed by atoms with Crippen molar-refractivity contribution in [3.05, 3.63) is 83.2 Å². The smallest absolute Gasteiger partial charge is 0.262 e. The molecule has 0 aliphatic heterocycles. The Morgan fingerprint density at radius 1 is 1.14 bits per heavy atom. The Labute approximate surface area is 203 Å².